The van der Waals surface area contributed by atoms with Gasteiger partial charge in [0, 0.05) is 13.0 Å². The van der Waals surface area contributed by atoms with Crippen LogP contribution in [0.2, 0.25) is 0 Å². The standard InChI is InChI=1S/C22H30N2O4S/c1-16-8-9-19(15-17(16)2)18(3)23-22(25)7-6-14-24(29(5,26)27)20-10-12-21(28-4)13-11-20/h8-13,15,18H,6-7,14H2,1-5H3,(H,23,25)/t18-/m0/s1. The van der Waals surface area contributed by atoms with Gasteiger partial charge < -0.3 is 10.1 Å². The predicted octanol–water partition coefficient (Wildman–Crippen LogP) is 3.74. The van der Waals surface area contributed by atoms with Crippen LogP contribution >= 0.6 is 0 Å². The highest BCUT2D eigenvalue weighted by Crippen LogP contribution is 2.22. The van der Waals surface area contributed by atoms with E-state index < -0.39 is 10.0 Å². The minimum Gasteiger partial charge on any atom is -0.497 e. The van der Waals surface area contributed by atoms with Gasteiger partial charge in [-0.25, -0.2) is 8.42 Å². The highest BCUT2D eigenvalue weighted by atomic mass is 32.2. The highest BCUT2D eigenvalue weighted by Gasteiger charge is 2.18. The molecule has 158 valence electrons. The van der Waals surface area contributed by atoms with E-state index in [-0.39, 0.29) is 24.9 Å². The molecule has 0 bridgehead atoms. The van der Waals surface area contributed by atoms with Crippen LogP contribution in [0.3, 0.4) is 0 Å². The minimum absolute atomic E-state index is 0.0982. The van der Waals surface area contributed by atoms with Crippen molar-refractivity contribution in [3.63, 3.8) is 0 Å². The summed E-state index contributed by atoms with van der Waals surface area (Å²) in [5, 5.41) is 2.99. The molecule has 29 heavy (non-hydrogen) atoms. The Morgan fingerprint density at radius 2 is 1.76 bits per heavy atom. The van der Waals surface area contributed by atoms with Gasteiger partial charge in [0.2, 0.25) is 15.9 Å². The Hall–Kier alpha value is -2.54. The fraction of sp³-hybridized carbons (Fsp3) is 0.409. The molecule has 0 aliphatic rings. The number of carbonyl (C=O) groups is 1. The minimum atomic E-state index is -3.45. The van der Waals surface area contributed by atoms with Crippen LogP contribution in [-0.2, 0) is 14.8 Å². The van der Waals surface area contributed by atoms with Gasteiger partial charge in [-0.15, -0.1) is 0 Å². The van der Waals surface area contributed by atoms with Crippen LogP contribution in [0.25, 0.3) is 0 Å². The zero-order chi connectivity index (χ0) is 21.6. The van der Waals surface area contributed by atoms with E-state index in [1.807, 2.05) is 26.0 Å². The summed E-state index contributed by atoms with van der Waals surface area (Å²) in [6.07, 6.45) is 1.83. The summed E-state index contributed by atoms with van der Waals surface area (Å²) >= 11 is 0. The first-order chi connectivity index (χ1) is 13.6. The predicted molar refractivity (Wildman–Crippen MR) is 117 cm³/mol. The molecular weight excluding hydrogens is 388 g/mol. The van der Waals surface area contributed by atoms with Crippen LogP contribution in [0, 0.1) is 13.8 Å². The zero-order valence-corrected chi connectivity index (χ0v) is 18.5. The molecule has 0 aliphatic heterocycles. The largest absolute Gasteiger partial charge is 0.497 e. The summed E-state index contributed by atoms with van der Waals surface area (Å²) in [6, 6.07) is 12.9. The summed E-state index contributed by atoms with van der Waals surface area (Å²) in [5.74, 6) is 0.556. The maximum Gasteiger partial charge on any atom is 0.232 e. The Bertz CT molecular complexity index is 940. The van der Waals surface area contributed by atoms with Crippen molar-refractivity contribution in [2.75, 3.05) is 24.2 Å². The Morgan fingerprint density at radius 1 is 1.10 bits per heavy atom. The monoisotopic (exact) mass is 418 g/mol. The van der Waals surface area contributed by atoms with Crippen molar-refractivity contribution < 1.29 is 17.9 Å². The third-order valence-corrected chi connectivity index (χ3v) is 6.13. The quantitative estimate of drug-likeness (QED) is 0.673. The van der Waals surface area contributed by atoms with Gasteiger partial charge in [0.25, 0.3) is 0 Å². The number of ether oxygens (including phenoxy) is 1. The first-order valence-electron chi connectivity index (χ1n) is 9.60. The number of nitrogens with one attached hydrogen (secondary N) is 1. The summed E-state index contributed by atoms with van der Waals surface area (Å²) in [6.45, 7) is 6.28. The third kappa shape index (κ3) is 6.49. The maximum absolute atomic E-state index is 12.3. The number of hydrogen-bond donors (Lipinski definition) is 1. The molecule has 0 saturated heterocycles. The van der Waals surface area contributed by atoms with Crippen LogP contribution in [-0.4, -0.2) is 34.2 Å². The van der Waals surface area contributed by atoms with Gasteiger partial charge in [-0.05, 0) is 68.1 Å². The molecule has 0 fully saturated rings. The first kappa shape index (κ1) is 22.7. The number of hydrogen-bond acceptors (Lipinski definition) is 4. The molecule has 6 nitrogen and oxygen atoms in total. The average Bonchev–Trinajstić information content (AvgIpc) is 2.66. The van der Waals surface area contributed by atoms with E-state index >= 15 is 0 Å². The second-order valence-electron chi connectivity index (χ2n) is 7.27. The molecule has 0 aromatic heterocycles. The van der Waals surface area contributed by atoms with E-state index in [9.17, 15) is 13.2 Å². The molecule has 7 heteroatoms. The van der Waals surface area contributed by atoms with Crippen LogP contribution in [0.5, 0.6) is 5.75 Å². The van der Waals surface area contributed by atoms with Crippen LogP contribution in [0.4, 0.5) is 5.69 Å². The molecule has 1 atom stereocenters. The lowest BCUT2D eigenvalue weighted by Crippen LogP contribution is -2.32. The Kier molecular flexibility index (Phi) is 7.67. The Morgan fingerprint density at radius 3 is 2.31 bits per heavy atom. The molecule has 0 spiro atoms. The van der Waals surface area contributed by atoms with Crippen molar-refractivity contribution in [2.24, 2.45) is 0 Å². The van der Waals surface area contributed by atoms with Crippen molar-refractivity contribution >= 4 is 21.6 Å². The molecule has 0 aliphatic carbocycles. The number of nitrogens with zero attached hydrogens (tertiary/aromatic N) is 1. The van der Waals surface area contributed by atoms with Crippen LogP contribution < -0.4 is 14.4 Å². The van der Waals surface area contributed by atoms with Crippen LogP contribution in [0.1, 0.15) is 42.5 Å². The van der Waals surface area contributed by atoms with Crippen molar-refractivity contribution in [3.05, 3.63) is 59.2 Å². The number of anilines is 1. The first-order valence-corrected chi connectivity index (χ1v) is 11.4. The van der Waals surface area contributed by atoms with Gasteiger partial charge in [0.05, 0.1) is 25.1 Å². The number of carbonyl (C=O) groups excluding carboxylic acids is 1. The SMILES string of the molecule is COc1ccc(N(CCCC(=O)N[C@@H](C)c2ccc(C)c(C)c2)S(C)(=O)=O)cc1. The van der Waals surface area contributed by atoms with Crippen molar-refractivity contribution in [3.8, 4) is 5.75 Å². The van der Waals surface area contributed by atoms with E-state index in [0.717, 1.165) is 5.56 Å². The summed E-state index contributed by atoms with van der Waals surface area (Å²) in [4.78, 5) is 12.3. The molecule has 2 aromatic rings. The van der Waals surface area contributed by atoms with Crippen molar-refractivity contribution in [2.45, 2.75) is 39.7 Å². The smallest absolute Gasteiger partial charge is 0.232 e. The summed E-state index contributed by atoms with van der Waals surface area (Å²) < 4.78 is 30.8. The topological polar surface area (TPSA) is 75.7 Å². The van der Waals surface area contributed by atoms with Gasteiger partial charge in [-0.2, -0.15) is 0 Å². The van der Waals surface area contributed by atoms with Gasteiger partial charge in [-0.1, -0.05) is 18.2 Å². The molecular formula is C22H30N2O4S. The second-order valence-corrected chi connectivity index (χ2v) is 9.18. The normalized spacial score (nSPS) is 12.3. The third-order valence-electron chi connectivity index (χ3n) is 4.93. The lowest BCUT2D eigenvalue weighted by atomic mass is 10.0. The number of amides is 1. The van der Waals surface area contributed by atoms with E-state index in [0.29, 0.717) is 17.9 Å². The summed E-state index contributed by atoms with van der Waals surface area (Å²) in [5.41, 5.74) is 4.01. The molecule has 0 saturated carbocycles. The number of aryl methyl sites for hydroxylation is 2. The van der Waals surface area contributed by atoms with E-state index in [1.54, 1.807) is 31.4 Å². The second kappa shape index (κ2) is 9.78. The molecule has 0 unspecified atom stereocenters. The van der Waals surface area contributed by atoms with Gasteiger partial charge in [0.1, 0.15) is 5.75 Å². The number of sulfonamides is 1. The number of methoxy groups -OCH3 is 1. The lowest BCUT2D eigenvalue weighted by molar-refractivity contribution is -0.121. The van der Waals surface area contributed by atoms with Crippen molar-refractivity contribution in [1.29, 1.82) is 0 Å². The number of benzene rings is 2. The van der Waals surface area contributed by atoms with E-state index in [4.69, 9.17) is 4.74 Å². The molecule has 0 heterocycles. The zero-order valence-electron chi connectivity index (χ0n) is 17.7. The fourth-order valence-electron chi connectivity index (χ4n) is 3.05. The Balaban J connectivity index is 1.94. The maximum atomic E-state index is 12.3. The molecule has 1 amide bonds. The fourth-order valence-corrected chi connectivity index (χ4v) is 4.01. The Labute approximate surface area is 173 Å². The van der Waals surface area contributed by atoms with Crippen LogP contribution in [0.15, 0.2) is 42.5 Å². The molecule has 1 N–H and O–H groups in total. The van der Waals surface area contributed by atoms with Gasteiger partial charge in [-0.3, -0.25) is 9.10 Å². The van der Waals surface area contributed by atoms with E-state index in [2.05, 4.69) is 18.3 Å². The van der Waals surface area contributed by atoms with E-state index in [1.165, 1.54) is 21.7 Å². The summed E-state index contributed by atoms with van der Waals surface area (Å²) in [7, 11) is -1.89. The van der Waals surface area contributed by atoms with Gasteiger partial charge in [0.15, 0.2) is 0 Å². The number of rotatable bonds is 9. The molecule has 2 aromatic carbocycles. The van der Waals surface area contributed by atoms with Gasteiger partial charge >= 0.3 is 0 Å². The average molecular weight is 419 g/mol. The molecule has 0 radical (unpaired) electrons. The lowest BCUT2D eigenvalue weighted by Gasteiger charge is -2.23. The highest BCUT2D eigenvalue weighted by molar-refractivity contribution is 7.92. The van der Waals surface area contributed by atoms with Crippen molar-refractivity contribution in [1.82, 2.24) is 5.32 Å². The molecule has 2 rings (SSSR count).